The summed E-state index contributed by atoms with van der Waals surface area (Å²) >= 11 is 0. The van der Waals surface area contributed by atoms with Crippen LogP contribution in [0.3, 0.4) is 0 Å². The molecule has 0 spiro atoms. The fourth-order valence-corrected chi connectivity index (χ4v) is 2.38. The third-order valence-electron chi connectivity index (χ3n) is 3.79. The van der Waals surface area contributed by atoms with Crippen LogP contribution in [0.25, 0.3) is 0 Å². The number of nitrogens with one attached hydrogen (secondary N) is 1. The average Bonchev–Trinajstić information content (AvgIpc) is 2.68. The fraction of sp³-hybridized carbons (Fsp3) is 0.136. The molecule has 3 aromatic carbocycles. The minimum Gasteiger partial charge on any atom is -0.490 e. The van der Waals surface area contributed by atoms with Gasteiger partial charge >= 0.3 is 0 Å². The van der Waals surface area contributed by atoms with Crippen LogP contribution < -0.4 is 14.8 Å². The number of anilines is 1. The van der Waals surface area contributed by atoms with Crippen molar-refractivity contribution in [3.8, 4) is 11.5 Å². The Bertz CT molecular complexity index is 828. The van der Waals surface area contributed by atoms with Crippen LogP contribution in [0.4, 0.5) is 5.69 Å². The number of carbonyl (C=O) groups is 1. The minimum absolute atomic E-state index is 0.134. The first-order chi connectivity index (χ1) is 12.7. The third kappa shape index (κ3) is 5.11. The fourth-order valence-electron chi connectivity index (χ4n) is 2.38. The lowest BCUT2D eigenvalue weighted by molar-refractivity contribution is 0.102. The van der Waals surface area contributed by atoms with E-state index >= 15 is 0 Å². The summed E-state index contributed by atoms with van der Waals surface area (Å²) < 4.78 is 11.3. The summed E-state index contributed by atoms with van der Waals surface area (Å²) in [7, 11) is 0. The Morgan fingerprint density at radius 2 is 1.31 bits per heavy atom. The highest BCUT2D eigenvalue weighted by molar-refractivity contribution is 6.04. The molecule has 3 rings (SSSR count). The number of ether oxygens (including phenoxy) is 2. The van der Waals surface area contributed by atoms with Gasteiger partial charge in [-0.1, -0.05) is 35.9 Å². The van der Waals surface area contributed by atoms with Gasteiger partial charge in [-0.05, 0) is 55.5 Å². The molecule has 0 bridgehead atoms. The van der Waals surface area contributed by atoms with Crippen LogP contribution in [-0.4, -0.2) is 19.1 Å². The van der Waals surface area contributed by atoms with Crippen molar-refractivity contribution in [3.63, 3.8) is 0 Å². The standard InChI is InChI=1S/C22H21NO3/c1-17-7-11-20(12-8-17)25-15-16-26-21-13-9-19(10-14-21)23-22(24)18-5-3-2-4-6-18/h2-14H,15-16H2,1H3,(H,23,24). The van der Waals surface area contributed by atoms with Crippen molar-refractivity contribution < 1.29 is 14.3 Å². The van der Waals surface area contributed by atoms with E-state index in [2.05, 4.69) is 5.32 Å². The molecule has 0 aliphatic carbocycles. The summed E-state index contributed by atoms with van der Waals surface area (Å²) in [5.41, 5.74) is 2.55. The van der Waals surface area contributed by atoms with Gasteiger partial charge in [-0.2, -0.15) is 0 Å². The van der Waals surface area contributed by atoms with E-state index in [0.29, 0.717) is 18.8 Å². The van der Waals surface area contributed by atoms with Gasteiger partial charge in [0.05, 0.1) is 0 Å². The van der Waals surface area contributed by atoms with Crippen LogP contribution in [0.2, 0.25) is 0 Å². The number of hydrogen-bond donors (Lipinski definition) is 1. The summed E-state index contributed by atoms with van der Waals surface area (Å²) in [5, 5.41) is 2.86. The topological polar surface area (TPSA) is 47.6 Å². The Hall–Kier alpha value is -3.27. The molecule has 0 atom stereocenters. The molecule has 1 N–H and O–H groups in total. The highest BCUT2D eigenvalue weighted by atomic mass is 16.5. The average molecular weight is 347 g/mol. The lowest BCUT2D eigenvalue weighted by atomic mass is 10.2. The number of hydrogen-bond acceptors (Lipinski definition) is 3. The maximum Gasteiger partial charge on any atom is 0.255 e. The van der Waals surface area contributed by atoms with E-state index in [0.717, 1.165) is 17.2 Å². The molecule has 0 aliphatic rings. The summed E-state index contributed by atoms with van der Waals surface area (Å²) in [4.78, 5) is 12.1. The van der Waals surface area contributed by atoms with Gasteiger partial charge in [0.2, 0.25) is 0 Å². The van der Waals surface area contributed by atoms with Gasteiger partial charge in [-0.25, -0.2) is 0 Å². The van der Waals surface area contributed by atoms with Crippen molar-refractivity contribution >= 4 is 11.6 Å². The molecule has 0 saturated heterocycles. The summed E-state index contributed by atoms with van der Waals surface area (Å²) in [5.74, 6) is 1.43. The third-order valence-corrected chi connectivity index (χ3v) is 3.79. The van der Waals surface area contributed by atoms with E-state index in [1.54, 1.807) is 12.1 Å². The Morgan fingerprint density at radius 1 is 0.769 bits per heavy atom. The minimum atomic E-state index is -0.134. The van der Waals surface area contributed by atoms with Crippen LogP contribution in [0.1, 0.15) is 15.9 Å². The van der Waals surface area contributed by atoms with Crippen LogP contribution in [-0.2, 0) is 0 Å². The van der Waals surface area contributed by atoms with Crippen LogP contribution in [0, 0.1) is 6.92 Å². The monoisotopic (exact) mass is 347 g/mol. The van der Waals surface area contributed by atoms with Crippen LogP contribution >= 0.6 is 0 Å². The molecule has 132 valence electrons. The smallest absolute Gasteiger partial charge is 0.255 e. The van der Waals surface area contributed by atoms with Crippen molar-refractivity contribution in [2.24, 2.45) is 0 Å². The number of rotatable bonds is 7. The maximum atomic E-state index is 12.1. The second-order valence-corrected chi connectivity index (χ2v) is 5.85. The molecule has 0 saturated carbocycles. The molecule has 0 aromatic heterocycles. The zero-order chi connectivity index (χ0) is 18.2. The SMILES string of the molecule is Cc1ccc(OCCOc2ccc(NC(=O)c3ccccc3)cc2)cc1. The zero-order valence-electron chi connectivity index (χ0n) is 14.6. The summed E-state index contributed by atoms with van der Waals surface area (Å²) in [6, 6.07) is 24.3. The number of benzene rings is 3. The highest BCUT2D eigenvalue weighted by Gasteiger charge is 2.05. The largest absolute Gasteiger partial charge is 0.490 e. The quantitative estimate of drug-likeness (QED) is 0.630. The van der Waals surface area contributed by atoms with Gasteiger partial charge in [0.25, 0.3) is 5.91 Å². The predicted octanol–water partition coefficient (Wildman–Crippen LogP) is 4.71. The lowest BCUT2D eigenvalue weighted by Crippen LogP contribution is -2.11. The molecule has 4 heteroatoms. The lowest BCUT2D eigenvalue weighted by Gasteiger charge is -2.10. The molecule has 3 aromatic rings. The first kappa shape index (κ1) is 17.5. The van der Waals surface area contributed by atoms with E-state index in [1.807, 2.05) is 73.7 Å². The van der Waals surface area contributed by atoms with Crippen molar-refractivity contribution in [1.82, 2.24) is 0 Å². The zero-order valence-corrected chi connectivity index (χ0v) is 14.6. The van der Waals surface area contributed by atoms with Crippen LogP contribution in [0.15, 0.2) is 78.9 Å². The van der Waals surface area contributed by atoms with Crippen LogP contribution in [0.5, 0.6) is 11.5 Å². The Kier molecular flexibility index (Phi) is 5.88. The van der Waals surface area contributed by atoms with Gasteiger partial charge in [0, 0.05) is 11.3 Å². The Morgan fingerprint density at radius 3 is 1.88 bits per heavy atom. The summed E-state index contributed by atoms with van der Waals surface area (Å²) in [6.45, 7) is 2.96. The van der Waals surface area contributed by atoms with E-state index in [4.69, 9.17) is 9.47 Å². The van der Waals surface area contributed by atoms with Crippen molar-refractivity contribution in [3.05, 3.63) is 90.0 Å². The maximum absolute atomic E-state index is 12.1. The second-order valence-electron chi connectivity index (χ2n) is 5.85. The Balaban J connectivity index is 1.44. The predicted molar refractivity (Wildman–Crippen MR) is 103 cm³/mol. The van der Waals surface area contributed by atoms with E-state index in [1.165, 1.54) is 5.56 Å². The first-order valence-corrected chi connectivity index (χ1v) is 8.49. The highest BCUT2D eigenvalue weighted by Crippen LogP contribution is 2.17. The molecular formula is C22H21NO3. The molecule has 0 heterocycles. The molecule has 0 aliphatic heterocycles. The van der Waals surface area contributed by atoms with Gasteiger partial charge in [-0.3, -0.25) is 4.79 Å². The van der Waals surface area contributed by atoms with Gasteiger partial charge in [-0.15, -0.1) is 0 Å². The van der Waals surface area contributed by atoms with Gasteiger partial charge in [0.1, 0.15) is 24.7 Å². The van der Waals surface area contributed by atoms with Crippen molar-refractivity contribution in [1.29, 1.82) is 0 Å². The molecule has 4 nitrogen and oxygen atoms in total. The Labute approximate surface area is 153 Å². The van der Waals surface area contributed by atoms with Gasteiger partial charge < -0.3 is 14.8 Å². The van der Waals surface area contributed by atoms with Gasteiger partial charge in [0.15, 0.2) is 0 Å². The molecule has 0 unspecified atom stereocenters. The number of amides is 1. The molecule has 0 fully saturated rings. The number of carbonyl (C=O) groups excluding carboxylic acids is 1. The molecule has 1 amide bonds. The normalized spacial score (nSPS) is 10.2. The van der Waals surface area contributed by atoms with Crippen molar-refractivity contribution in [2.45, 2.75) is 6.92 Å². The summed E-state index contributed by atoms with van der Waals surface area (Å²) in [6.07, 6.45) is 0. The molecular weight excluding hydrogens is 326 g/mol. The van der Waals surface area contributed by atoms with E-state index in [9.17, 15) is 4.79 Å². The number of aryl methyl sites for hydroxylation is 1. The van der Waals surface area contributed by atoms with E-state index < -0.39 is 0 Å². The molecule has 0 radical (unpaired) electrons. The van der Waals surface area contributed by atoms with E-state index in [-0.39, 0.29) is 5.91 Å². The van der Waals surface area contributed by atoms with Crippen molar-refractivity contribution in [2.75, 3.05) is 18.5 Å². The second kappa shape index (κ2) is 8.72. The first-order valence-electron chi connectivity index (χ1n) is 8.49. The molecule has 26 heavy (non-hydrogen) atoms.